The van der Waals surface area contributed by atoms with Crippen LogP contribution in [0, 0.1) is 17.0 Å². The molecular formula is C27H32F2N4O2. The van der Waals surface area contributed by atoms with E-state index in [2.05, 4.69) is 10.6 Å². The van der Waals surface area contributed by atoms with Gasteiger partial charge in [-0.1, -0.05) is 30.4 Å². The van der Waals surface area contributed by atoms with Crippen LogP contribution in [0.3, 0.4) is 0 Å². The number of hydrogen-bond acceptors (Lipinski definition) is 5. The second-order valence-corrected chi connectivity index (χ2v) is 7.89. The Bertz CT molecular complexity index is 1110. The summed E-state index contributed by atoms with van der Waals surface area (Å²) < 4.78 is 28.0. The van der Waals surface area contributed by atoms with Crippen molar-refractivity contribution in [2.24, 2.45) is 5.73 Å². The zero-order chi connectivity index (χ0) is 25.8. The Balaban J connectivity index is 2.33. The second-order valence-electron chi connectivity index (χ2n) is 7.89. The number of benzene rings is 2. The standard InChI is InChI=1S/C27H32F2N4O2/c1-3-4-7-20(32-2)16-21(8-6-15-34)33-27(35)22-9-5-10-23(29)26(22)25(31)17-24(30)18-11-13-19(28)14-12-18/h3-5,7,9-14,17,21,31-32,34H,6,8,15-16,30H2,1-2H3,(H,33,35)/b4-3-,20-7-,24-17-,31-25?/t21-/m1/s1. The van der Waals surface area contributed by atoms with Gasteiger partial charge < -0.3 is 26.9 Å². The van der Waals surface area contributed by atoms with Gasteiger partial charge >= 0.3 is 0 Å². The Kier molecular flexibility index (Phi) is 10.8. The first-order chi connectivity index (χ1) is 16.8. The Hall–Kier alpha value is -3.78. The van der Waals surface area contributed by atoms with E-state index in [1.807, 2.05) is 25.2 Å². The number of aliphatic hydroxyl groups excluding tert-OH is 1. The number of amides is 1. The molecule has 2 rings (SSSR count). The van der Waals surface area contributed by atoms with Crippen LogP contribution in [0.25, 0.3) is 5.70 Å². The summed E-state index contributed by atoms with van der Waals surface area (Å²) in [4.78, 5) is 13.2. The van der Waals surface area contributed by atoms with Gasteiger partial charge in [-0.25, -0.2) is 8.78 Å². The van der Waals surface area contributed by atoms with E-state index in [1.54, 1.807) is 7.05 Å². The van der Waals surface area contributed by atoms with Gasteiger partial charge in [0.05, 0.1) is 11.3 Å². The first-order valence-electron chi connectivity index (χ1n) is 11.3. The average Bonchev–Trinajstić information content (AvgIpc) is 2.84. The molecule has 0 unspecified atom stereocenters. The second kappa shape index (κ2) is 13.8. The molecule has 1 amide bonds. The van der Waals surface area contributed by atoms with Gasteiger partial charge in [-0.05, 0) is 61.7 Å². The van der Waals surface area contributed by atoms with Crippen molar-refractivity contribution >= 4 is 17.3 Å². The smallest absolute Gasteiger partial charge is 0.252 e. The van der Waals surface area contributed by atoms with Crippen LogP contribution in [0.15, 0.2) is 72.5 Å². The molecular weight excluding hydrogens is 450 g/mol. The lowest BCUT2D eigenvalue weighted by atomic mass is 9.98. The van der Waals surface area contributed by atoms with E-state index >= 15 is 0 Å². The molecule has 0 aromatic heterocycles. The van der Waals surface area contributed by atoms with Crippen LogP contribution in [0.1, 0.15) is 47.7 Å². The summed E-state index contributed by atoms with van der Waals surface area (Å²) >= 11 is 0. The van der Waals surface area contributed by atoms with Crippen molar-refractivity contribution in [1.29, 1.82) is 5.41 Å². The normalized spacial score (nSPS) is 13.1. The number of rotatable bonds is 12. The molecule has 186 valence electrons. The predicted molar refractivity (Wildman–Crippen MR) is 136 cm³/mol. The lowest BCUT2D eigenvalue weighted by Crippen LogP contribution is -2.37. The molecule has 0 aliphatic heterocycles. The van der Waals surface area contributed by atoms with Crippen molar-refractivity contribution in [2.75, 3.05) is 13.7 Å². The largest absolute Gasteiger partial charge is 0.398 e. The average molecular weight is 483 g/mol. The highest BCUT2D eigenvalue weighted by Gasteiger charge is 2.21. The SMILES string of the molecule is C/C=C\C=C(\C[C@@H](CCCO)NC(=O)c1cccc(F)c1C(=N)/C=C(\N)c1ccc(F)cc1)NC. The molecule has 0 saturated carbocycles. The Morgan fingerprint density at radius 1 is 1.20 bits per heavy atom. The Labute approximate surface area is 204 Å². The minimum atomic E-state index is -0.735. The highest BCUT2D eigenvalue weighted by molar-refractivity contribution is 6.16. The third-order valence-electron chi connectivity index (χ3n) is 5.33. The van der Waals surface area contributed by atoms with Crippen molar-refractivity contribution in [3.8, 4) is 0 Å². The monoisotopic (exact) mass is 482 g/mol. The molecule has 0 spiro atoms. The molecule has 0 aliphatic rings. The number of allylic oxidation sites excluding steroid dienone is 4. The van der Waals surface area contributed by atoms with Crippen LogP contribution >= 0.6 is 0 Å². The van der Waals surface area contributed by atoms with E-state index in [4.69, 9.17) is 11.1 Å². The summed E-state index contributed by atoms with van der Waals surface area (Å²) in [6.45, 7) is 1.87. The summed E-state index contributed by atoms with van der Waals surface area (Å²) in [5.41, 5.74) is 7.05. The maximum absolute atomic E-state index is 14.8. The third-order valence-corrected chi connectivity index (χ3v) is 5.33. The maximum Gasteiger partial charge on any atom is 0.252 e. The van der Waals surface area contributed by atoms with E-state index in [0.29, 0.717) is 24.8 Å². The molecule has 1 atom stereocenters. The molecule has 0 aliphatic carbocycles. The quantitative estimate of drug-likeness (QED) is 0.230. The fourth-order valence-electron chi connectivity index (χ4n) is 3.50. The summed E-state index contributed by atoms with van der Waals surface area (Å²) in [6, 6.07) is 9.07. The van der Waals surface area contributed by atoms with Crippen LogP contribution in [-0.4, -0.2) is 36.4 Å². The third kappa shape index (κ3) is 8.19. The van der Waals surface area contributed by atoms with Gasteiger partial charge in [-0.15, -0.1) is 0 Å². The van der Waals surface area contributed by atoms with Gasteiger partial charge in [0.2, 0.25) is 0 Å². The number of carbonyl (C=O) groups is 1. The molecule has 6 N–H and O–H groups in total. The van der Waals surface area contributed by atoms with Crippen LogP contribution in [0.5, 0.6) is 0 Å². The Morgan fingerprint density at radius 2 is 1.91 bits per heavy atom. The maximum atomic E-state index is 14.8. The van der Waals surface area contributed by atoms with Crippen LogP contribution < -0.4 is 16.4 Å². The number of aliphatic hydroxyl groups is 1. The number of nitrogens with one attached hydrogen (secondary N) is 3. The molecule has 8 heteroatoms. The summed E-state index contributed by atoms with van der Waals surface area (Å²) in [5, 5.41) is 23.7. The van der Waals surface area contributed by atoms with Crippen molar-refractivity contribution in [3.05, 3.63) is 101 Å². The lowest BCUT2D eigenvalue weighted by Gasteiger charge is -2.21. The fourth-order valence-corrected chi connectivity index (χ4v) is 3.50. The molecule has 0 bridgehead atoms. The van der Waals surface area contributed by atoms with E-state index in [-0.39, 0.29) is 35.2 Å². The fraction of sp³-hybridized carbons (Fsp3) is 0.259. The van der Waals surface area contributed by atoms with Crippen molar-refractivity contribution in [3.63, 3.8) is 0 Å². The molecule has 2 aromatic rings. The zero-order valence-corrected chi connectivity index (χ0v) is 19.9. The first kappa shape index (κ1) is 27.5. The number of hydrogen-bond donors (Lipinski definition) is 5. The van der Waals surface area contributed by atoms with Crippen LogP contribution in [0.2, 0.25) is 0 Å². The van der Waals surface area contributed by atoms with E-state index in [9.17, 15) is 18.7 Å². The van der Waals surface area contributed by atoms with Crippen LogP contribution in [0.4, 0.5) is 8.78 Å². The molecule has 6 nitrogen and oxygen atoms in total. The minimum absolute atomic E-state index is 0.00408. The number of halogens is 2. The molecule has 0 saturated heterocycles. The minimum Gasteiger partial charge on any atom is -0.398 e. The molecule has 0 radical (unpaired) electrons. The topological polar surface area (TPSA) is 111 Å². The van der Waals surface area contributed by atoms with Crippen LogP contribution in [-0.2, 0) is 0 Å². The van der Waals surface area contributed by atoms with Gasteiger partial charge in [0.15, 0.2) is 0 Å². The van der Waals surface area contributed by atoms with Gasteiger partial charge in [-0.2, -0.15) is 0 Å². The van der Waals surface area contributed by atoms with Gasteiger partial charge in [0.25, 0.3) is 5.91 Å². The molecule has 0 heterocycles. The highest BCUT2D eigenvalue weighted by Crippen LogP contribution is 2.19. The molecule has 2 aromatic carbocycles. The summed E-state index contributed by atoms with van der Waals surface area (Å²) in [6.07, 6.45) is 8.36. The van der Waals surface area contributed by atoms with E-state index < -0.39 is 17.5 Å². The predicted octanol–water partition coefficient (Wildman–Crippen LogP) is 4.27. The van der Waals surface area contributed by atoms with E-state index in [0.717, 1.165) is 5.70 Å². The van der Waals surface area contributed by atoms with Gasteiger partial charge in [0.1, 0.15) is 11.6 Å². The number of carbonyl (C=O) groups excluding carboxylic acids is 1. The highest BCUT2D eigenvalue weighted by atomic mass is 19.1. The van der Waals surface area contributed by atoms with Gasteiger partial charge in [-0.3, -0.25) is 4.79 Å². The van der Waals surface area contributed by atoms with Crippen molar-refractivity contribution in [2.45, 2.75) is 32.2 Å². The molecule has 0 fully saturated rings. The zero-order valence-electron chi connectivity index (χ0n) is 19.9. The Morgan fingerprint density at radius 3 is 2.54 bits per heavy atom. The summed E-state index contributed by atoms with van der Waals surface area (Å²) in [5.74, 6) is -1.70. The summed E-state index contributed by atoms with van der Waals surface area (Å²) in [7, 11) is 1.78. The lowest BCUT2D eigenvalue weighted by molar-refractivity contribution is 0.0931. The first-order valence-corrected chi connectivity index (χ1v) is 11.3. The van der Waals surface area contributed by atoms with Crippen molar-refractivity contribution in [1.82, 2.24) is 10.6 Å². The van der Waals surface area contributed by atoms with Crippen molar-refractivity contribution < 1.29 is 18.7 Å². The van der Waals surface area contributed by atoms with Gasteiger partial charge in [0, 0.05) is 43.1 Å². The van der Waals surface area contributed by atoms with E-state index in [1.165, 1.54) is 48.5 Å². The number of nitrogens with two attached hydrogens (primary N) is 1. The molecule has 35 heavy (non-hydrogen) atoms.